The van der Waals surface area contributed by atoms with Gasteiger partial charge in [-0.1, -0.05) is 30.3 Å². The van der Waals surface area contributed by atoms with Gasteiger partial charge in [-0.15, -0.1) is 0 Å². The number of nitrogens with one attached hydrogen (secondary N) is 1. The molecule has 0 unspecified atom stereocenters. The first-order valence-corrected chi connectivity index (χ1v) is 11.8. The summed E-state index contributed by atoms with van der Waals surface area (Å²) in [5, 5.41) is 3.23. The highest BCUT2D eigenvalue weighted by molar-refractivity contribution is 5.93. The summed E-state index contributed by atoms with van der Waals surface area (Å²) >= 11 is 0. The highest BCUT2D eigenvalue weighted by Crippen LogP contribution is 2.31. The van der Waals surface area contributed by atoms with E-state index in [4.69, 9.17) is 13.9 Å². The van der Waals surface area contributed by atoms with Gasteiger partial charge in [0.05, 0.1) is 19.6 Å². The number of carbonyl (C=O) groups is 1. The monoisotopic (exact) mass is 464 g/mol. The molecule has 1 N–H and O–H groups in total. The molecule has 1 aliphatic rings. The first kappa shape index (κ1) is 23.8. The van der Waals surface area contributed by atoms with Gasteiger partial charge in [0, 0.05) is 25.2 Å². The lowest BCUT2D eigenvalue weighted by Gasteiger charge is -2.32. The molecule has 0 aliphatic carbocycles. The highest BCUT2D eigenvalue weighted by atomic mass is 16.5. The smallest absolute Gasteiger partial charge is 0.287 e. The number of fused-ring (bicyclic) bond motifs is 1. The average Bonchev–Trinajstić information content (AvgIpc) is 2.87. The molecule has 3 aromatic rings. The molecule has 2 heterocycles. The fourth-order valence-electron chi connectivity index (χ4n) is 4.55. The van der Waals surface area contributed by atoms with Crippen LogP contribution in [0.5, 0.6) is 11.5 Å². The van der Waals surface area contributed by atoms with Crippen molar-refractivity contribution in [3.8, 4) is 11.5 Å². The maximum absolute atomic E-state index is 12.6. The maximum Gasteiger partial charge on any atom is 0.287 e. The molecule has 180 valence electrons. The van der Waals surface area contributed by atoms with Gasteiger partial charge in [0.1, 0.15) is 5.58 Å². The fourth-order valence-corrected chi connectivity index (χ4v) is 4.55. The number of piperidine rings is 1. The van der Waals surface area contributed by atoms with Crippen molar-refractivity contribution in [2.45, 2.75) is 32.2 Å². The van der Waals surface area contributed by atoms with E-state index < -0.39 is 0 Å². The molecule has 1 fully saturated rings. The Balaban J connectivity index is 1.25. The molecule has 7 nitrogen and oxygen atoms in total. The summed E-state index contributed by atoms with van der Waals surface area (Å²) in [6.45, 7) is 3.79. The molecule has 1 aromatic heterocycles. The van der Waals surface area contributed by atoms with Crippen LogP contribution in [0.4, 0.5) is 0 Å². The van der Waals surface area contributed by atoms with Gasteiger partial charge in [-0.05, 0) is 56.3 Å². The van der Waals surface area contributed by atoms with Crippen LogP contribution < -0.4 is 20.2 Å². The summed E-state index contributed by atoms with van der Waals surface area (Å²) in [6.07, 6.45) is 4.35. The minimum atomic E-state index is -0.383. The van der Waals surface area contributed by atoms with E-state index in [1.165, 1.54) is 38.7 Å². The standard InChI is InChI=1S/C27H32N2O5/c1-32-24-15-21-22(30)16-26(34-23(21)17-25(24)33-2)27(31)28-12-6-9-19-10-13-29(14-11-19)18-20-7-4-3-5-8-20/h3-5,7-8,15-17,19H,6,9-14,18H2,1-2H3,(H,28,31). The third-order valence-electron chi connectivity index (χ3n) is 6.49. The summed E-state index contributed by atoms with van der Waals surface area (Å²) < 4.78 is 16.2. The van der Waals surface area contributed by atoms with Crippen molar-refractivity contribution < 1.29 is 18.7 Å². The first-order chi connectivity index (χ1) is 16.6. The number of likely N-dealkylation sites (tertiary alicyclic amines) is 1. The Kier molecular flexibility index (Phi) is 7.85. The number of methoxy groups -OCH3 is 2. The van der Waals surface area contributed by atoms with Crippen LogP contribution in [0.15, 0.2) is 57.7 Å². The van der Waals surface area contributed by atoms with Gasteiger partial charge in [-0.25, -0.2) is 0 Å². The van der Waals surface area contributed by atoms with E-state index in [1.54, 1.807) is 12.1 Å². The lowest BCUT2D eigenvalue weighted by molar-refractivity contribution is 0.0924. The SMILES string of the molecule is COc1cc2oc(C(=O)NCCCC3CCN(Cc4ccccc4)CC3)cc(=O)c2cc1OC. The number of hydrogen-bond donors (Lipinski definition) is 1. The number of hydrogen-bond acceptors (Lipinski definition) is 6. The predicted molar refractivity (Wildman–Crippen MR) is 132 cm³/mol. The Hall–Kier alpha value is -3.32. The highest BCUT2D eigenvalue weighted by Gasteiger charge is 2.19. The normalized spacial score (nSPS) is 14.8. The minimum absolute atomic E-state index is 0.000981. The van der Waals surface area contributed by atoms with Crippen molar-refractivity contribution in [1.82, 2.24) is 10.2 Å². The van der Waals surface area contributed by atoms with Crippen molar-refractivity contribution >= 4 is 16.9 Å². The second-order valence-corrected chi connectivity index (χ2v) is 8.78. The molecule has 1 aliphatic heterocycles. The molecular weight excluding hydrogens is 432 g/mol. The summed E-state index contributed by atoms with van der Waals surface area (Å²) in [5.41, 5.74) is 1.36. The topological polar surface area (TPSA) is 81.0 Å². The number of nitrogens with zero attached hydrogens (tertiary/aromatic N) is 1. The van der Waals surface area contributed by atoms with E-state index in [9.17, 15) is 9.59 Å². The number of benzene rings is 2. The van der Waals surface area contributed by atoms with Gasteiger partial charge >= 0.3 is 0 Å². The third-order valence-corrected chi connectivity index (χ3v) is 6.49. The Morgan fingerprint density at radius 3 is 2.47 bits per heavy atom. The lowest BCUT2D eigenvalue weighted by Crippen LogP contribution is -2.33. The molecule has 1 saturated heterocycles. The molecule has 4 rings (SSSR count). The van der Waals surface area contributed by atoms with Gasteiger partial charge in [0.15, 0.2) is 22.7 Å². The van der Waals surface area contributed by atoms with Gasteiger partial charge in [0.2, 0.25) is 0 Å². The molecule has 0 saturated carbocycles. The van der Waals surface area contributed by atoms with Crippen LogP contribution in [0.3, 0.4) is 0 Å². The van der Waals surface area contributed by atoms with Crippen molar-refractivity contribution in [2.24, 2.45) is 5.92 Å². The third kappa shape index (κ3) is 5.78. The van der Waals surface area contributed by atoms with Gasteiger partial charge in [-0.3, -0.25) is 14.5 Å². The predicted octanol–water partition coefficient (Wildman–Crippen LogP) is 4.23. The minimum Gasteiger partial charge on any atom is -0.493 e. The zero-order valence-corrected chi connectivity index (χ0v) is 19.8. The van der Waals surface area contributed by atoms with E-state index in [2.05, 4.69) is 40.5 Å². The first-order valence-electron chi connectivity index (χ1n) is 11.8. The fraction of sp³-hybridized carbons (Fsp3) is 0.407. The Morgan fingerprint density at radius 2 is 1.76 bits per heavy atom. The van der Waals surface area contributed by atoms with E-state index in [0.717, 1.165) is 32.5 Å². The van der Waals surface area contributed by atoms with Gasteiger partial charge in [-0.2, -0.15) is 0 Å². The van der Waals surface area contributed by atoms with Crippen molar-refractivity contribution in [3.05, 3.63) is 70.1 Å². The Bertz CT molecular complexity index is 1170. The molecule has 0 spiro atoms. The summed E-state index contributed by atoms with van der Waals surface area (Å²) in [6, 6.07) is 15.0. The van der Waals surface area contributed by atoms with Crippen LogP contribution in [-0.4, -0.2) is 44.7 Å². The molecule has 0 radical (unpaired) electrons. The van der Waals surface area contributed by atoms with Crippen LogP contribution in [0.2, 0.25) is 0 Å². The van der Waals surface area contributed by atoms with E-state index in [1.807, 2.05) is 0 Å². The van der Waals surface area contributed by atoms with E-state index >= 15 is 0 Å². The molecule has 34 heavy (non-hydrogen) atoms. The molecule has 0 bridgehead atoms. The van der Waals surface area contributed by atoms with Crippen LogP contribution in [-0.2, 0) is 6.54 Å². The number of carbonyl (C=O) groups excluding carboxylic acids is 1. The summed E-state index contributed by atoms with van der Waals surface area (Å²) in [4.78, 5) is 27.6. The quantitative estimate of drug-likeness (QED) is 0.477. The van der Waals surface area contributed by atoms with Crippen LogP contribution >= 0.6 is 0 Å². The number of amides is 1. The van der Waals surface area contributed by atoms with Crippen LogP contribution in [0, 0.1) is 5.92 Å². The van der Waals surface area contributed by atoms with Crippen molar-refractivity contribution in [3.63, 3.8) is 0 Å². The maximum atomic E-state index is 12.6. The average molecular weight is 465 g/mol. The second-order valence-electron chi connectivity index (χ2n) is 8.78. The Labute approximate surface area is 199 Å². The van der Waals surface area contributed by atoms with Crippen LogP contribution in [0.25, 0.3) is 11.0 Å². The number of ether oxygens (including phenoxy) is 2. The summed E-state index contributed by atoms with van der Waals surface area (Å²) in [5.74, 6) is 1.17. The molecule has 1 amide bonds. The van der Waals surface area contributed by atoms with Crippen molar-refractivity contribution in [2.75, 3.05) is 33.9 Å². The summed E-state index contributed by atoms with van der Waals surface area (Å²) in [7, 11) is 3.01. The van der Waals surface area contributed by atoms with Gasteiger partial charge < -0.3 is 19.2 Å². The van der Waals surface area contributed by atoms with Crippen LogP contribution in [0.1, 0.15) is 41.8 Å². The van der Waals surface area contributed by atoms with Crippen molar-refractivity contribution in [1.29, 1.82) is 0 Å². The number of rotatable bonds is 9. The van der Waals surface area contributed by atoms with E-state index in [-0.39, 0.29) is 22.7 Å². The molecule has 2 aromatic carbocycles. The zero-order chi connectivity index (χ0) is 23.9. The van der Waals surface area contributed by atoms with Gasteiger partial charge in [0.25, 0.3) is 5.91 Å². The lowest BCUT2D eigenvalue weighted by atomic mass is 9.92. The molecule has 0 atom stereocenters. The Morgan fingerprint density at radius 1 is 1.06 bits per heavy atom. The molecule has 7 heteroatoms. The second kappa shape index (κ2) is 11.2. The zero-order valence-electron chi connectivity index (χ0n) is 19.8. The van der Waals surface area contributed by atoms with E-state index in [0.29, 0.717) is 29.3 Å². The largest absolute Gasteiger partial charge is 0.493 e. The molecular formula is C27H32N2O5.